The molecule has 0 fully saturated rings. The van der Waals surface area contributed by atoms with E-state index < -0.39 is 0 Å². The summed E-state index contributed by atoms with van der Waals surface area (Å²) in [5.41, 5.74) is 9.79. The van der Waals surface area contributed by atoms with Gasteiger partial charge in [0.25, 0.3) is 5.91 Å². The number of nitrogens with zero attached hydrogens (tertiary/aromatic N) is 2. The van der Waals surface area contributed by atoms with Crippen molar-refractivity contribution in [1.29, 1.82) is 0 Å². The van der Waals surface area contributed by atoms with Crippen LogP contribution < -0.4 is 15.9 Å². The first-order chi connectivity index (χ1) is 13.0. The fraction of sp³-hybridized carbons (Fsp3) is 0.105. The number of hydrogen-bond acceptors (Lipinski definition) is 6. The zero-order valence-corrected chi connectivity index (χ0v) is 15.3. The Labute approximate surface area is 159 Å². The van der Waals surface area contributed by atoms with E-state index >= 15 is 0 Å². The SMILES string of the molecule is Cc1nc(N)sc1C(=O)N/N=C/c1cccc(OCc2ccccc2F)c1. The number of carbonyl (C=O) groups is 1. The lowest BCUT2D eigenvalue weighted by molar-refractivity contribution is 0.0958. The van der Waals surface area contributed by atoms with E-state index in [1.54, 1.807) is 43.3 Å². The lowest BCUT2D eigenvalue weighted by atomic mass is 10.2. The van der Waals surface area contributed by atoms with Crippen LogP contribution in [0, 0.1) is 12.7 Å². The minimum atomic E-state index is -0.370. The maximum atomic E-state index is 13.6. The van der Waals surface area contributed by atoms with Crippen LogP contribution in [0.2, 0.25) is 0 Å². The van der Waals surface area contributed by atoms with Crippen LogP contribution in [-0.4, -0.2) is 17.1 Å². The molecule has 8 heteroatoms. The molecular weight excluding hydrogens is 367 g/mol. The highest BCUT2D eigenvalue weighted by Crippen LogP contribution is 2.19. The summed E-state index contributed by atoms with van der Waals surface area (Å²) in [6.45, 7) is 1.83. The van der Waals surface area contributed by atoms with E-state index in [1.165, 1.54) is 12.3 Å². The number of rotatable bonds is 6. The van der Waals surface area contributed by atoms with Crippen molar-refractivity contribution < 1.29 is 13.9 Å². The summed E-state index contributed by atoms with van der Waals surface area (Å²) in [4.78, 5) is 16.5. The standard InChI is InChI=1S/C19H17FN4O2S/c1-12-17(27-19(21)23-12)18(25)24-22-10-13-5-4-7-15(9-13)26-11-14-6-2-3-8-16(14)20/h2-10H,11H2,1H3,(H2,21,23)(H,24,25)/b22-10+. The number of hydrazone groups is 1. The molecule has 138 valence electrons. The van der Waals surface area contributed by atoms with Crippen LogP contribution in [0.15, 0.2) is 53.6 Å². The first kappa shape index (κ1) is 18.5. The van der Waals surface area contributed by atoms with Crippen LogP contribution in [0.3, 0.4) is 0 Å². The van der Waals surface area contributed by atoms with Gasteiger partial charge in [0.1, 0.15) is 23.1 Å². The lowest BCUT2D eigenvalue weighted by Gasteiger charge is -2.07. The molecule has 0 bridgehead atoms. The summed E-state index contributed by atoms with van der Waals surface area (Å²) in [7, 11) is 0. The molecule has 0 saturated carbocycles. The van der Waals surface area contributed by atoms with E-state index in [-0.39, 0.29) is 18.3 Å². The van der Waals surface area contributed by atoms with Crippen molar-refractivity contribution in [3.8, 4) is 5.75 Å². The van der Waals surface area contributed by atoms with Gasteiger partial charge in [0.2, 0.25) is 0 Å². The van der Waals surface area contributed by atoms with E-state index in [4.69, 9.17) is 10.5 Å². The predicted molar refractivity (Wildman–Crippen MR) is 103 cm³/mol. The Bertz CT molecular complexity index is 987. The van der Waals surface area contributed by atoms with E-state index in [9.17, 15) is 9.18 Å². The molecule has 0 aliphatic carbocycles. The lowest BCUT2D eigenvalue weighted by Crippen LogP contribution is -2.17. The van der Waals surface area contributed by atoms with Gasteiger partial charge in [0.05, 0.1) is 11.9 Å². The van der Waals surface area contributed by atoms with Gasteiger partial charge in [-0.2, -0.15) is 5.10 Å². The highest BCUT2D eigenvalue weighted by molar-refractivity contribution is 7.17. The minimum absolute atomic E-state index is 0.121. The van der Waals surface area contributed by atoms with Crippen LogP contribution in [0.5, 0.6) is 5.75 Å². The second-order valence-electron chi connectivity index (χ2n) is 5.62. The maximum absolute atomic E-state index is 13.6. The Hall–Kier alpha value is -3.26. The van der Waals surface area contributed by atoms with Crippen molar-refractivity contribution in [2.45, 2.75) is 13.5 Å². The highest BCUT2D eigenvalue weighted by Gasteiger charge is 2.13. The summed E-state index contributed by atoms with van der Waals surface area (Å²) in [6.07, 6.45) is 1.49. The average molecular weight is 384 g/mol. The number of nitrogens with one attached hydrogen (secondary N) is 1. The molecule has 0 aliphatic heterocycles. The maximum Gasteiger partial charge on any atom is 0.283 e. The Morgan fingerprint density at radius 1 is 1.33 bits per heavy atom. The number of carbonyl (C=O) groups excluding carboxylic acids is 1. The summed E-state index contributed by atoms with van der Waals surface area (Å²) >= 11 is 1.11. The third-order valence-corrected chi connectivity index (χ3v) is 4.59. The van der Waals surface area contributed by atoms with E-state index in [0.717, 1.165) is 16.9 Å². The molecule has 3 N–H and O–H groups in total. The number of benzene rings is 2. The van der Waals surface area contributed by atoms with Gasteiger partial charge in [-0.25, -0.2) is 14.8 Å². The number of nitrogen functional groups attached to an aromatic ring is 1. The van der Waals surface area contributed by atoms with Crippen molar-refractivity contribution in [3.05, 3.63) is 76.0 Å². The van der Waals surface area contributed by atoms with Crippen LogP contribution >= 0.6 is 11.3 Å². The third kappa shape index (κ3) is 4.89. The highest BCUT2D eigenvalue weighted by atomic mass is 32.1. The van der Waals surface area contributed by atoms with Crippen LogP contribution in [0.4, 0.5) is 9.52 Å². The average Bonchev–Trinajstić information content (AvgIpc) is 3.00. The number of halogens is 1. The van der Waals surface area contributed by atoms with Gasteiger partial charge in [-0.1, -0.05) is 41.7 Å². The molecule has 3 aromatic rings. The van der Waals surface area contributed by atoms with Crippen LogP contribution in [-0.2, 0) is 6.61 Å². The van der Waals surface area contributed by atoms with Gasteiger partial charge in [-0.05, 0) is 30.7 Å². The van der Waals surface area contributed by atoms with Crippen molar-refractivity contribution >= 4 is 28.6 Å². The van der Waals surface area contributed by atoms with Crippen LogP contribution in [0.1, 0.15) is 26.5 Å². The molecule has 1 aromatic heterocycles. The summed E-state index contributed by atoms with van der Waals surface area (Å²) in [6, 6.07) is 13.5. The van der Waals surface area contributed by atoms with E-state index in [0.29, 0.717) is 27.0 Å². The number of ether oxygens (including phenoxy) is 1. The monoisotopic (exact) mass is 384 g/mol. The smallest absolute Gasteiger partial charge is 0.283 e. The molecule has 6 nitrogen and oxygen atoms in total. The molecule has 0 aliphatic rings. The first-order valence-corrected chi connectivity index (χ1v) is 8.87. The zero-order valence-electron chi connectivity index (χ0n) is 14.5. The van der Waals surface area contributed by atoms with Crippen molar-refractivity contribution in [1.82, 2.24) is 10.4 Å². The molecule has 0 saturated heterocycles. The predicted octanol–water partition coefficient (Wildman–Crippen LogP) is 3.52. The second kappa shape index (κ2) is 8.41. The quantitative estimate of drug-likeness (QED) is 0.503. The Morgan fingerprint density at radius 3 is 2.89 bits per heavy atom. The van der Waals surface area contributed by atoms with Crippen molar-refractivity contribution in [3.63, 3.8) is 0 Å². The number of amides is 1. The Balaban J connectivity index is 1.60. The minimum Gasteiger partial charge on any atom is -0.489 e. The van der Waals surface area contributed by atoms with Gasteiger partial charge >= 0.3 is 0 Å². The van der Waals surface area contributed by atoms with Gasteiger partial charge in [-0.15, -0.1) is 0 Å². The molecule has 0 unspecified atom stereocenters. The normalized spacial score (nSPS) is 10.9. The summed E-state index contributed by atoms with van der Waals surface area (Å²) in [5, 5.41) is 4.27. The number of nitrogens with two attached hydrogens (primary N) is 1. The summed E-state index contributed by atoms with van der Waals surface area (Å²) < 4.78 is 19.3. The van der Waals surface area contributed by atoms with Crippen LogP contribution in [0.25, 0.3) is 0 Å². The molecule has 0 radical (unpaired) electrons. The molecule has 27 heavy (non-hydrogen) atoms. The first-order valence-electron chi connectivity index (χ1n) is 8.05. The summed E-state index contributed by atoms with van der Waals surface area (Å²) in [5.74, 6) is -0.110. The van der Waals surface area contributed by atoms with E-state index in [1.807, 2.05) is 6.07 Å². The van der Waals surface area contributed by atoms with Gasteiger partial charge in [-0.3, -0.25) is 4.79 Å². The second-order valence-corrected chi connectivity index (χ2v) is 6.65. The van der Waals surface area contributed by atoms with Gasteiger partial charge < -0.3 is 10.5 Å². The fourth-order valence-corrected chi connectivity index (χ4v) is 3.03. The Morgan fingerprint density at radius 2 is 2.15 bits per heavy atom. The molecule has 0 spiro atoms. The van der Waals surface area contributed by atoms with Gasteiger partial charge in [0.15, 0.2) is 5.13 Å². The van der Waals surface area contributed by atoms with Crippen molar-refractivity contribution in [2.24, 2.45) is 5.10 Å². The molecular formula is C19H17FN4O2S. The Kier molecular flexibility index (Phi) is 5.77. The molecule has 2 aromatic carbocycles. The largest absolute Gasteiger partial charge is 0.489 e. The molecule has 1 heterocycles. The topological polar surface area (TPSA) is 89.6 Å². The fourth-order valence-electron chi connectivity index (χ4n) is 2.31. The molecule has 3 rings (SSSR count). The molecule has 0 atom stereocenters. The zero-order chi connectivity index (χ0) is 19.2. The van der Waals surface area contributed by atoms with Crippen molar-refractivity contribution in [2.75, 3.05) is 5.73 Å². The number of aromatic nitrogens is 1. The third-order valence-electron chi connectivity index (χ3n) is 3.61. The number of anilines is 1. The number of aryl methyl sites for hydroxylation is 1. The van der Waals surface area contributed by atoms with Gasteiger partial charge in [0, 0.05) is 5.56 Å². The number of thiazole rings is 1. The molecule has 1 amide bonds. The van der Waals surface area contributed by atoms with E-state index in [2.05, 4.69) is 15.5 Å². The number of hydrogen-bond donors (Lipinski definition) is 2.